The Kier molecular flexibility index (Phi) is 5.64. The van der Waals surface area contributed by atoms with Crippen LogP contribution < -0.4 is 5.32 Å². The van der Waals surface area contributed by atoms with Gasteiger partial charge in [-0.05, 0) is 43.4 Å². The van der Waals surface area contributed by atoms with E-state index in [1.165, 1.54) is 30.5 Å². The van der Waals surface area contributed by atoms with Gasteiger partial charge in [0.2, 0.25) is 0 Å². The Labute approximate surface area is 160 Å². The van der Waals surface area contributed by atoms with Crippen molar-refractivity contribution >= 4 is 17.5 Å². The molecule has 2 aromatic rings. The van der Waals surface area contributed by atoms with E-state index in [2.05, 4.69) is 15.2 Å². The first-order chi connectivity index (χ1) is 13.2. The minimum absolute atomic E-state index is 0.157. The second kappa shape index (κ2) is 7.97. The van der Waals surface area contributed by atoms with Crippen molar-refractivity contribution in [2.45, 2.75) is 6.18 Å². The number of alkyl halides is 3. The molecular formula is C19H19F3N4O2. The molecule has 0 unspecified atom stereocenters. The SMILES string of the molecule is CN1CCN(C(=O)c2cc(C(=O)Nc3ccc(C(F)(F)F)cc3)ccn2)CC1. The molecule has 0 spiro atoms. The van der Waals surface area contributed by atoms with Gasteiger partial charge in [-0.1, -0.05) is 0 Å². The van der Waals surface area contributed by atoms with Crippen LogP contribution in [0.3, 0.4) is 0 Å². The van der Waals surface area contributed by atoms with Gasteiger partial charge in [0.1, 0.15) is 5.69 Å². The maximum Gasteiger partial charge on any atom is 0.416 e. The van der Waals surface area contributed by atoms with Crippen LogP contribution in [0.1, 0.15) is 26.4 Å². The Balaban J connectivity index is 1.69. The van der Waals surface area contributed by atoms with E-state index in [-0.39, 0.29) is 22.9 Å². The van der Waals surface area contributed by atoms with E-state index in [1.807, 2.05) is 7.05 Å². The lowest BCUT2D eigenvalue weighted by Crippen LogP contribution is -2.47. The summed E-state index contributed by atoms with van der Waals surface area (Å²) in [6.07, 6.45) is -3.07. The van der Waals surface area contributed by atoms with Gasteiger partial charge >= 0.3 is 6.18 Å². The van der Waals surface area contributed by atoms with Crippen LogP contribution >= 0.6 is 0 Å². The summed E-state index contributed by atoms with van der Waals surface area (Å²) in [5.74, 6) is -0.785. The van der Waals surface area contributed by atoms with Crippen molar-refractivity contribution < 1.29 is 22.8 Å². The molecule has 1 aromatic heterocycles. The van der Waals surface area contributed by atoms with Gasteiger partial charge in [-0.3, -0.25) is 14.6 Å². The van der Waals surface area contributed by atoms with E-state index in [0.29, 0.717) is 13.1 Å². The van der Waals surface area contributed by atoms with E-state index >= 15 is 0 Å². The van der Waals surface area contributed by atoms with E-state index in [4.69, 9.17) is 0 Å². The third kappa shape index (κ3) is 4.66. The van der Waals surface area contributed by atoms with Gasteiger partial charge in [0.05, 0.1) is 5.56 Å². The van der Waals surface area contributed by atoms with Crippen molar-refractivity contribution in [3.63, 3.8) is 0 Å². The fourth-order valence-electron chi connectivity index (χ4n) is 2.81. The number of rotatable bonds is 3. The molecule has 0 bridgehead atoms. The minimum Gasteiger partial charge on any atom is -0.335 e. The van der Waals surface area contributed by atoms with Crippen molar-refractivity contribution in [1.29, 1.82) is 0 Å². The molecule has 2 amide bonds. The molecule has 1 aromatic carbocycles. The number of hydrogen-bond donors (Lipinski definition) is 1. The molecule has 28 heavy (non-hydrogen) atoms. The van der Waals surface area contributed by atoms with E-state index < -0.39 is 17.6 Å². The number of carbonyl (C=O) groups is 2. The average Bonchev–Trinajstić information content (AvgIpc) is 2.68. The topological polar surface area (TPSA) is 65.5 Å². The highest BCUT2D eigenvalue weighted by molar-refractivity contribution is 6.05. The van der Waals surface area contributed by atoms with Gasteiger partial charge < -0.3 is 15.1 Å². The summed E-state index contributed by atoms with van der Waals surface area (Å²) in [7, 11) is 1.98. The Bertz CT molecular complexity index is 860. The molecule has 1 aliphatic rings. The number of aromatic nitrogens is 1. The zero-order valence-electron chi connectivity index (χ0n) is 15.2. The average molecular weight is 392 g/mol. The Hall–Kier alpha value is -2.94. The molecule has 9 heteroatoms. The lowest BCUT2D eigenvalue weighted by molar-refractivity contribution is -0.137. The largest absolute Gasteiger partial charge is 0.416 e. The second-order valence-corrected chi connectivity index (χ2v) is 6.55. The summed E-state index contributed by atoms with van der Waals surface area (Å²) in [5.41, 5.74) is -0.215. The van der Waals surface area contributed by atoms with Crippen LogP contribution in [0, 0.1) is 0 Å². The van der Waals surface area contributed by atoms with Crippen molar-refractivity contribution in [3.8, 4) is 0 Å². The molecule has 1 aliphatic heterocycles. The number of piperazine rings is 1. The number of pyridine rings is 1. The number of likely N-dealkylation sites (N-methyl/N-ethyl adjacent to an activating group) is 1. The normalized spacial score (nSPS) is 15.4. The van der Waals surface area contributed by atoms with Crippen LogP contribution in [0.4, 0.5) is 18.9 Å². The smallest absolute Gasteiger partial charge is 0.335 e. The molecule has 2 heterocycles. The van der Waals surface area contributed by atoms with Crippen molar-refractivity contribution in [2.75, 3.05) is 38.5 Å². The molecule has 0 aliphatic carbocycles. The fourth-order valence-corrected chi connectivity index (χ4v) is 2.81. The van der Waals surface area contributed by atoms with Gasteiger partial charge in [0.25, 0.3) is 11.8 Å². The predicted octanol–water partition coefficient (Wildman–Crippen LogP) is 2.74. The summed E-state index contributed by atoms with van der Waals surface area (Å²) in [6, 6.07) is 6.98. The third-order valence-electron chi connectivity index (χ3n) is 4.50. The molecule has 148 valence electrons. The number of benzene rings is 1. The first-order valence-corrected chi connectivity index (χ1v) is 8.66. The Morgan fingerprint density at radius 2 is 1.68 bits per heavy atom. The Morgan fingerprint density at radius 3 is 2.29 bits per heavy atom. The van der Waals surface area contributed by atoms with Gasteiger partial charge in [-0.2, -0.15) is 13.2 Å². The lowest BCUT2D eigenvalue weighted by Gasteiger charge is -2.32. The first-order valence-electron chi connectivity index (χ1n) is 8.66. The number of anilines is 1. The van der Waals surface area contributed by atoms with Crippen LogP contribution in [-0.4, -0.2) is 59.8 Å². The number of nitrogens with zero attached hydrogens (tertiary/aromatic N) is 3. The lowest BCUT2D eigenvalue weighted by atomic mass is 10.1. The number of halogens is 3. The maximum absolute atomic E-state index is 12.6. The first kappa shape index (κ1) is 19.8. The van der Waals surface area contributed by atoms with Gasteiger partial charge in [-0.15, -0.1) is 0 Å². The standard InChI is InChI=1S/C19H19F3N4O2/c1-25-8-10-26(11-9-25)18(28)16-12-13(6-7-23-16)17(27)24-15-4-2-14(3-5-15)19(20,21)22/h2-7,12H,8-11H2,1H3,(H,24,27). The fraction of sp³-hybridized carbons (Fsp3) is 0.316. The van der Waals surface area contributed by atoms with Crippen LogP contribution in [0.2, 0.25) is 0 Å². The quantitative estimate of drug-likeness (QED) is 0.873. The molecule has 0 atom stereocenters. The Morgan fingerprint density at radius 1 is 1.04 bits per heavy atom. The molecule has 1 fully saturated rings. The monoisotopic (exact) mass is 392 g/mol. The van der Waals surface area contributed by atoms with Crippen molar-refractivity contribution in [1.82, 2.24) is 14.8 Å². The van der Waals surface area contributed by atoms with E-state index in [9.17, 15) is 22.8 Å². The highest BCUT2D eigenvalue weighted by Crippen LogP contribution is 2.29. The highest BCUT2D eigenvalue weighted by Gasteiger charge is 2.30. The molecule has 0 saturated carbocycles. The third-order valence-corrected chi connectivity index (χ3v) is 4.50. The van der Waals surface area contributed by atoms with E-state index in [1.54, 1.807) is 4.90 Å². The summed E-state index contributed by atoms with van der Waals surface area (Å²) in [6.45, 7) is 2.69. The molecule has 1 saturated heterocycles. The van der Waals surface area contributed by atoms with Gasteiger partial charge in [0.15, 0.2) is 0 Å². The summed E-state index contributed by atoms with van der Waals surface area (Å²) >= 11 is 0. The molecule has 6 nitrogen and oxygen atoms in total. The summed E-state index contributed by atoms with van der Waals surface area (Å²) in [4.78, 5) is 32.8. The van der Waals surface area contributed by atoms with Crippen LogP contribution in [0.25, 0.3) is 0 Å². The summed E-state index contributed by atoms with van der Waals surface area (Å²) in [5, 5.41) is 2.52. The number of nitrogens with one attached hydrogen (secondary N) is 1. The van der Waals surface area contributed by atoms with Gasteiger partial charge in [-0.25, -0.2) is 0 Å². The van der Waals surface area contributed by atoms with Crippen molar-refractivity contribution in [2.24, 2.45) is 0 Å². The number of amides is 2. The highest BCUT2D eigenvalue weighted by atomic mass is 19.4. The second-order valence-electron chi connectivity index (χ2n) is 6.55. The van der Waals surface area contributed by atoms with Crippen LogP contribution in [0.5, 0.6) is 0 Å². The van der Waals surface area contributed by atoms with Crippen molar-refractivity contribution in [3.05, 3.63) is 59.4 Å². The van der Waals surface area contributed by atoms with E-state index in [0.717, 1.165) is 25.2 Å². The number of hydrogen-bond acceptors (Lipinski definition) is 4. The molecule has 1 N–H and O–H groups in total. The zero-order valence-corrected chi connectivity index (χ0v) is 15.2. The minimum atomic E-state index is -4.44. The number of carbonyl (C=O) groups excluding carboxylic acids is 2. The molecule has 3 rings (SSSR count). The van der Waals surface area contributed by atoms with Crippen LogP contribution in [-0.2, 0) is 6.18 Å². The van der Waals surface area contributed by atoms with Gasteiger partial charge in [0, 0.05) is 43.6 Å². The van der Waals surface area contributed by atoms with Crippen LogP contribution in [0.15, 0.2) is 42.6 Å². The molecular weight excluding hydrogens is 373 g/mol. The summed E-state index contributed by atoms with van der Waals surface area (Å²) < 4.78 is 37.8. The zero-order chi connectivity index (χ0) is 20.3. The predicted molar refractivity (Wildman–Crippen MR) is 97.0 cm³/mol. The molecule has 0 radical (unpaired) electrons. The maximum atomic E-state index is 12.6.